The van der Waals surface area contributed by atoms with Gasteiger partial charge in [0.1, 0.15) is 23.9 Å². The number of carbonyl (C=O) groups is 2. The molecule has 0 saturated heterocycles. The zero-order valence-corrected chi connectivity index (χ0v) is 13.0. The van der Waals surface area contributed by atoms with Crippen molar-refractivity contribution in [1.82, 2.24) is 14.8 Å². The Balaban J connectivity index is 2.16. The average molecular weight is 319 g/mol. The van der Waals surface area contributed by atoms with E-state index in [0.29, 0.717) is 10.6 Å². The second-order valence-corrected chi connectivity index (χ2v) is 5.63. The molecule has 0 saturated carbocycles. The monoisotopic (exact) mass is 319 g/mol. The summed E-state index contributed by atoms with van der Waals surface area (Å²) in [5, 5.41) is 15.5. The van der Waals surface area contributed by atoms with E-state index in [2.05, 4.69) is 15.4 Å². The highest BCUT2D eigenvalue weighted by Crippen LogP contribution is 2.32. The van der Waals surface area contributed by atoms with Crippen LogP contribution < -0.4 is 5.32 Å². The summed E-state index contributed by atoms with van der Waals surface area (Å²) in [6.07, 6.45) is 1.30. The Bertz CT molecular complexity index is 771. The molecule has 9 heteroatoms. The van der Waals surface area contributed by atoms with Gasteiger partial charge in [0.05, 0.1) is 12.7 Å². The molecule has 0 unspecified atom stereocenters. The lowest BCUT2D eigenvalue weighted by Crippen LogP contribution is -2.20. The van der Waals surface area contributed by atoms with Crippen molar-refractivity contribution < 1.29 is 14.3 Å². The van der Waals surface area contributed by atoms with E-state index in [1.54, 1.807) is 13.0 Å². The maximum Gasteiger partial charge on any atom is 0.341 e. The summed E-state index contributed by atoms with van der Waals surface area (Å²) in [5.74, 6) is -0.878. The Hall–Kier alpha value is -2.73. The number of ether oxygens (including phenoxy) is 1. The first-order chi connectivity index (χ1) is 10.5. The van der Waals surface area contributed by atoms with Crippen LogP contribution in [0.4, 0.5) is 5.00 Å². The van der Waals surface area contributed by atoms with Crippen LogP contribution in [0, 0.1) is 25.2 Å². The Morgan fingerprint density at radius 1 is 1.50 bits per heavy atom. The predicted octanol–water partition coefficient (Wildman–Crippen LogP) is 1.25. The summed E-state index contributed by atoms with van der Waals surface area (Å²) >= 11 is 1.30. The molecular weight excluding hydrogens is 306 g/mol. The van der Waals surface area contributed by atoms with Gasteiger partial charge in [0, 0.05) is 4.88 Å². The Labute approximate surface area is 130 Å². The summed E-state index contributed by atoms with van der Waals surface area (Å²) in [4.78, 5) is 28.5. The summed E-state index contributed by atoms with van der Waals surface area (Å²) in [6, 6.07) is 1.78. The SMILES string of the molecule is COC(=O)c1c(NC(=O)Cn2cnc(C#N)n2)sc(C)c1C. The Kier molecular flexibility index (Phi) is 4.53. The van der Waals surface area contributed by atoms with Crippen molar-refractivity contribution in [3.05, 3.63) is 28.2 Å². The molecule has 2 aromatic heterocycles. The molecule has 2 heterocycles. The largest absolute Gasteiger partial charge is 0.465 e. The lowest BCUT2D eigenvalue weighted by molar-refractivity contribution is -0.116. The fourth-order valence-electron chi connectivity index (χ4n) is 1.80. The van der Waals surface area contributed by atoms with Gasteiger partial charge in [-0.2, -0.15) is 5.26 Å². The van der Waals surface area contributed by atoms with Gasteiger partial charge in [0.15, 0.2) is 0 Å². The van der Waals surface area contributed by atoms with Gasteiger partial charge < -0.3 is 10.1 Å². The molecular formula is C13H13N5O3S. The van der Waals surface area contributed by atoms with Gasteiger partial charge in [-0.15, -0.1) is 16.4 Å². The molecule has 0 aromatic carbocycles. The standard InChI is InChI=1S/C13H13N5O3S/c1-7-8(2)22-12(11(7)13(20)21-3)16-10(19)5-18-6-15-9(4-14)17-18/h6H,5H2,1-3H3,(H,16,19). The summed E-state index contributed by atoms with van der Waals surface area (Å²) < 4.78 is 5.99. The first-order valence-corrected chi connectivity index (χ1v) is 7.05. The Morgan fingerprint density at radius 3 is 2.82 bits per heavy atom. The second kappa shape index (κ2) is 6.36. The molecule has 0 aliphatic rings. The number of amides is 1. The van der Waals surface area contributed by atoms with Gasteiger partial charge in [0.2, 0.25) is 5.91 Å². The minimum atomic E-state index is -0.496. The molecule has 114 valence electrons. The third-order valence-electron chi connectivity index (χ3n) is 2.97. The molecule has 22 heavy (non-hydrogen) atoms. The number of esters is 1. The summed E-state index contributed by atoms with van der Waals surface area (Å²) in [5.41, 5.74) is 1.13. The van der Waals surface area contributed by atoms with E-state index in [-0.39, 0.29) is 18.3 Å². The number of anilines is 1. The fourth-order valence-corrected chi connectivity index (χ4v) is 2.86. The van der Waals surface area contributed by atoms with Crippen LogP contribution >= 0.6 is 11.3 Å². The van der Waals surface area contributed by atoms with Crippen LogP contribution in [0.15, 0.2) is 6.33 Å². The fraction of sp³-hybridized carbons (Fsp3) is 0.308. The highest BCUT2D eigenvalue weighted by Gasteiger charge is 2.21. The zero-order chi connectivity index (χ0) is 16.3. The van der Waals surface area contributed by atoms with Gasteiger partial charge in [-0.25, -0.2) is 14.5 Å². The highest BCUT2D eigenvalue weighted by atomic mass is 32.1. The van der Waals surface area contributed by atoms with E-state index >= 15 is 0 Å². The molecule has 2 rings (SSSR count). The minimum absolute atomic E-state index is 0.00846. The van der Waals surface area contributed by atoms with E-state index in [4.69, 9.17) is 10.00 Å². The van der Waals surface area contributed by atoms with Gasteiger partial charge in [-0.1, -0.05) is 0 Å². The van der Waals surface area contributed by atoms with Crippen LogP contribution in [0.1, 0.15) is 26.6 Å². The van der Waals surface area contributed by atoms with Crippen LogP contribution in [0.3, 0.4) is 0 Å². The van der Waals surface area contributed by atoms with Crippen LogP contribution in [-0.4, -0.2) is 33.8 Å². The van der Waals surface area contributed by atoms with Crippen LogP contribution in [0.25, 0.3) is 0 Å². The maximum absolute atomic E-state index is 12.0. The number of nitrogens with one attached hydrogen (secondary N) is 1. The molecule has 0 aliphatic heterocycles. The molecule has 0 aliphatic carbocycles. The van der Waals surface area contributed by atoms with Gasteiger partial charge >= 0.3 is 5.97 Å². The van der Waals surface area contributed by atoms with Crippen molar-refractivity contribution in [3.63, 3.8) is 0 Å². The number of methoxy groups -OCH3 is 1. The number of aryl methyl sites for hydroxylation is 1. The number of nitriles is 1. The summed E-state index contributed by atoms with van der Waals surface area (Å²) in [6.45, 7) is 3.55. The third-order valence-corrected chi connectivity index (χ3v) is 4.09. The molecule has 1 amide bonds. The molecule has 0 spiro atoms. The minimum Gasteiger partial charge on any atom is -0.465 e. The molecule has 8 nitrogen and oxygen atoms in total. The van der Waals surface area contributed by atoms with Crippen LogP contribution in [0.5, 0.6) is 0 Å². The van der Waals surface area contributed by atoms with Gasteiger partial charge in [-0.3, -0.25) is 4.79 Å². The van der Waals surface area contributed by atoms with Crippen molar-refractivity contribution in [2.75, 3.05) is 12.4 Å². The summed E-state index contributed by atoms with van der Waals surface area (Å²) in [7, 11) is 1.29. The smallest absolute Gasteiger partial charge is 0.341 e. The van der Waals surface area contributed by atoms with Crippen molar-refractivity contribution in [2.24, 2.45) is 0 Å². The van der Waals surface area contributed by atoms with Crippen molar-refractivity contribution in [3.8, 4) is 6.07 Å². The normalized spacial score (nSPS) is 10.1. The van der Waals surface area contributed by atoms with E-state index in [1.807, 2.05) is 6.92 Å². The number of thiophene rings is 1. The number of rotatable bonds is 4. The Morgan fingerprint density at radius 2 is 2.23 bits per heavy atom. The third kappa shape index (κ3) is 3.12. The van der Waals surface area contributed by atoms with Crippen molar-refractivity contribution in [1.29, 1.82) is 5.26 Å². The second-order valence-electron chi connectivity index (χ2n) is 4.40. The number of carbonyl (C=O) groups excluding carboxylic acids is 2. The molecule has 0 radical (unpaired) electrons. The molecule has 1 N–H and O–H groups in total. The molecule has 0 fully saturated rings. The average Bonchev–Trinajstić information content (AvgIpc) is 3.04. The van der Waals surface area contributed by atoms with E-state index < -0.39 is 5.97 Å². The van der Waals surface area contributed by atoms with Crippen LogP contribution in [0.2, 0.25) is 0 Å². The van der Waals surface area contributed by atoms with Crippen molar-refractivity contribution >= 4 is 28.2 Å². The number of hydrogen-bond donors (Lipinski definition) is 1. The maximum atomic E-state index is 12.0. The van der Waals surface area contributed by atoms with E-state index in [9.17, 15) is 9.59 Å². The first kappa shape index (κ1) is 15.7. The predicted molar refractivity (Wildman–Crippen MR) is 78.5 cm³/mol. The quantitative estimate of drug-likeness (QED) is 0.849. The topological polar surface area (TPSA) is 110 Å². The van der Waals surface area contributed by atoms with Gasteiger partial charge in [-0.05, 0) is 19.4 Å². The van der Waals surface area contributed by atoms with Crippen molar-refractivity contribution in [2.45, 2.75) is 20.4 Å². The molecule has 0 bridgehead atoms. The highest BCUT2D eigenvalue weighted by molar-refractivity contribution is 7.16. The lowest BCUT2D eigenvalue weighted by Gasteiger charge is -2.06. The van der Waals surface area contributed by atoms with Crippen LogP contribution in [-0.2, 0) is 16.1 Å². The van der Waals surface area contributed by atoms with E-state index in [0.717, 1.165) is 10.4 Å². The van der Waals surface area contributed by atoms with E-state index in [1.165, 1.54) is 29.5 Å². The van der Waals surface area contributed by atoms with Gasteiger partial charge in [0.25, 0.3) is 5.82 Å². The number of hydrogen-bond acceptors (Lipinski definition) is 7. The number of aromatic nitrogens is 3. The lowest BCUT2D eigenvalue weighted by atomic mass is 10.1. The number of nitrogens with zero attached hydrogens (tertiary/aromatic N) is 4. The first-order valence-electron chi connectivity index (χ1n) is 6.24. The molecule has 2 aromatic rings. The zero-order valence-electron chi connectivity index (χ0n) is 12.2. The molecule has 0 atom stereocenters.